The summed E-state index contributed by atoms with van der Waals surface area (Å²) < 4.78 is 68.8. The number of unbranched alkanes of at least 4 members (excludes halogenated alkanes) is 58. The Morgan fingerprint density at radius 3 is 0.648 bits per heavy atom. The summed E-state index contributed by atoms with van der Waals surface area (Å²) in [5.74, 6) is -1.42. The molecule has 0 aliphatic heterocycles. The summed E-state index contributed by atoms with van der Waals surface area (Å²) in [4.78, 5) is 73.1. The molecule has 0 bridgehead atoms. The normalized spacial score (nSPS) is 13.8. The minimum absolute atomic E-state index is 0.107. The minimum atomic E-state index is -4.96. The van der Waals surface area contributed by atoms with Gasteiger partial charge in [-0.2, -0.15) is 0 Å². The Balaban J connectivity index is 5.18. The van der Waals surface area contributed by atoms with E-state index >= 15 is 0 Å². The first kappa shape index (κ1) is 103. The van der Waals surface area contributed by atoms with Gasteiger partial charge in [0.15, 0.2) is 12.2 Å². The standard InChI is InChI=1S/C86H168O17P2/c1-6-9-12-15-18-21-24-27-29-31-33-35-37-39-41-43-46-49-52-55-62-67-72-85(90)102-81(75-96-83(88)69-64-59-53-50-47-45-42-40-38-36-34-32-30-28-25-22-19-16-13-10-7-2)77-100-104(92,93)98-73-80(87)74-99-105(94,95)101-78-82(76-97-84(89)70-65-60-57-56-58-63-68-79(4)5)103-86(91)71-66-61-54-51-48-44-26-23-20-17-14-11-8-3/h79-82,87H,6-78H2,1-5H3,(H,92,93)(H,94,95)/t80-,81-,82-/m1/s1. The maximum Gasteiger partial charge on any atom is 0.472 e. The topological polar surface area (TPSA) is 237 Å². The number of phosphoric ester groups is 2. The molecule has 0 saturated heterocycles. The van der Waals surface area contributed by atoms with Crippen molar-refractivity contribution in [2.24, 2.45) is 5.92 Å². The zero-order chi connectivity index (χ0) is 76.9. The lowest BCUT2D eigenvalue weighted by atomic mass is 10.0. The van der Waals surface area contributed by atoms with Crippen LogP contribution in [0.15, 0.2) is 0 Å². The van der Waals surface area contributed by atoms with E-state index in [1.54, 1.807) is 0 Å². The molecule has 0 aromatic heterocycles. The molecule has 0 aliphatic carbocycles. The maximum atomic E-state index is 13.1. The number of phosphoric acid groups is 2. The van der Waals surface area contributed by atoms with Gasteiger partial charge in [0, 0.05) is 25.7 Å². The molecule has 0 spiro atoms. The average Bonchev–Trinajstić information content (AvgIpc) is 0.913. The highest BCUT2D eigenvalue weighted by Gasteiger charge is 2.30. The number of esters is 4. The lowest BCUT2D eigenvalue weighted by Gasteiger charge is -2.21. The second kappa shape index (κ2) is 78.7. The summed E-state index contributed by atoms with van der Waals surface area (Å²) in [5, 5.41) is 10.7. The molecule has 0 fully saturated rings. The molecule has 0 radical (unpaired) electrons. The van der Waals surface area contributed by atoms with Crippen LogP contribution in [0.3, 0.4) is 0 Å². The number of hydrogen-bond acceptors (Lipinski definition) is 15. The van der Waals surface area contributed by atoms with Crippen LogP contribution < -0.4 is 0 Å². The Morgan fingerprint density at radius 1 is 0.257 bits per heavy atom. The second-order valence-electron chi connectivity index (χ2n) is 31.4. The van der Waals surface area contributed by atoms with Crippen molar-refractivity contribution in [3.63, 3.8) is 0 Å². The molecule has 105 heavy (non-hydrogen) atoms. The quantitative estimate of drug-likeness (QED) is 0.0222. The maximum absolute atomic E-state index is 13.1. The van der Waals surface area contributed by atoms with E-state index in [2.05, 4.69) is 34.6 Å². The SMILES string of the molecule is CCCCCCCCCCCCCCCCCCCCCCCCC(=O)O[C@H](COC(=O)CCCCCCCCCCCCCCCCCCCCCCC)COP(=O)(O)OC[C@@H](O)COP(=O)(O)OC[C@@H](COC(=O)CCCCCCCCC(C)C)OC(=O)CCCCCCCCCCCCCCC. The van der Waals surface area contributed by atoms with Gasteiger partial charge in [-0.15, -0.1) is 0 Å². The molecular weight excluding hydrogens is 1370 g/mol. The highest BCUT2D eigenvalue weighted by molar-refractivity contribution is 7.47. The fourth-order valence-electron chi connectivity index (χ4n) is 13.5. The molecule has 17 nitrogen and oxygen atoms in total. The van der Waals surface area contributed by atoms with Crippen molar-refractivity contribution >= 4 is 39.5 Å². The summed E-state index contributed by atoms with van der Waals surface area (Å²) in [6.07, 6.45) is 72.6. The Bertz CT molecular complexity index is 2000. The van der Waals surface area contributed by atoms with Gasteiger partial charge in [-0.1, -0.05) is 413 Å². The largest absolute Gasteiger partial charge is 0.472 e. The second-order valence-corrected chi connectivity index (χ2v) is 34.3. The van der Waals surface area contributed by atoms with E-state index in [0.717, 1.165) is 96.3 Å². The van der Waals surface area contributed by atoms with Crippen molar-refractivity contribution in [1.29, 1.82) is 0 Å². The van der Waals surface area contributed by atoms with Gasteiger partial charge in [0.05, 0.1) is 26.4 Å². The molecule has 0 aromatic carbocycles. The minimum Gasteiger partial charge on any atom is -0.462 e. The first-order valence-corrected chi connectivity index (χ1v) is 47.6. The number of aliphatic hydroxyl groups is 1. The zero-order valence-corrected chi connectivity index (χ0v) is 70.7. The van der Waals surface area contributed by atoms with Crippen LogP contribution in [0.2, 0.25) is 0 Å². The lowest BCUT2D eigenvalue weighted by Crippen LogP contribution is -2.30. The third-order valence-corrected chi connectivity index (χ3v) is 22.2. The van der Waals surface area contributed by atoms with E-state index in [1.165, 1.54) is 283 Å². The molecule has 624 valence electrons. The van der Waals surface area contributed by atoms with Crippen LogP contribution >= 0.6 is 15.6 Å². The van der Waals surface area contributed by atoms with E-state index in [9.17, 15) is 43.2 Å². The molecule has 19 heteroatoms. The van der Waals surface area contributed by atoms with Crippen LogP contribution in [-0.4, -0.2) is 96.7 Å². The molecule has 0 aliphatic rings. The van der Waals surface area contributed by atoms with Crippen molar-refractivity contribution < 1.29 is 80.2 Å². The Hall–Kier alpha value is -1.94. The van der Waals surface area contributed by atoms with Crippen LogP contribution in [-0.2, 0) is 65.4 Å². The molecule has 0 aromatic rings. The van der Waals surface area contributed by atoms with Gasteiger partial charge in [-0.3, -0.25) is 37.3 Å². The number of carbonyl (C=O) groups is 4. The Kier molecular flexibility index (Phi) is 77.3. The van der Waals surface area contributed by atoms with Crippen LogP contribution in [0.4, 0.5) is 0 Å². The summed E-state index contributed by atoms with van der Waals surface area (Å²) in [7, 11) is -9.92. The molecule has 0 saturated carbocycles. The van der Waals surface area contributed by atoms with Gasteiger partial charge in [0.1, 0.15) is 19.3 Å². The molecular formula is C86H168O17P2. The van der Waals surface area contributed by atoms with Crippen LogP contribution in [0.25, 0.3) is 0 Å². The predicted molar refractivity (Wildman–Crippen MR) is 432 cm³/mol. The van der Waals surface area contributed by atoms with Gasteiger partial charge in [-0.05, 0) is 31.6 Å². The molecule has 3 N–H and O–H groups in total. The average molecular weight is 1540 g/mol. The monoisotopic (exact) mass is 1540 g/mol. The summed E-state index contributed by atoms with van der Waals surface area (Å²) in [6, 6.07) is 0. The zero-order valence-electron chi connectivity index (χ0n) is 68.9. The lowest BCUT2D eigenvalue weighted by molar-refractivity contribution is -0.161. The van der Waals surface area contributed by atoms with E-state index < -0.39 is 97.5 Å². The van der Waals surface area contributed by atoms with Crippen molar-refractivity contribution in [1.82, 2.24) is 0 Å². The van der Waals surface area contributed by atoms with Gasteiger partial charge in [0.25, 0.3) is 0 Å². The predicted octanol–water partition coefficient (Wildman–Crippen LogP) is 26.4. The van der Waals surface area contributed by atoms with Crippen LogP contribution in [0.1, 0.15) is 465 Å². The highest BCUT2D eigenvalue weighted by atomic mass is 31.2. The van der Waals surface area contributed by atoms with Gasteiger partial charge >= 0.3 is 39.5 Å². The van der Waals surface area contributed by atoms with Crippen LogP contribution in [0, 0.1) is 5.92 Å². The smallest absolute Gasteiger partial charge is 0.462 e. The summed E-state index contributed by atoms with van der Waals surface area (Å²) >= 11 is 0. The molecule has 5 atom stereocenters. The van der Waals surface area contributed by atoms with Crippen molar-refractivity contribution in [3.8, 4) is 0 Å². The Morgan fingerprint density at radius 2 is 0.438 bits per heavy atom. The number of ether oxygens (including phenoxy) is 4. The first-order valence-electron chi connectivity index (χ1n) is 44.6. The van der Waals surface area contributed by atoms with Crippen molar-refractivity contribution in [2.45, 2.75) is 483 Å². The summed E-state index contributed by atoms with van der Waals surface area (Å²) in [5.41, 5.74) is 0. The molecule has 0 amide bonds. The van der Waals surface area contributed by atoms with Gasteiger partial charge in [-0.25, -0.2) is 9.13 Å². The van der Waals surface area contributed by atoms with Crippen LogP contribution in [0.5, 0.6) is 0 Å². The van der Waals surface area contributed by atoms with Crippen molar-refractivity contribution in [2.75, 3.05) is 39.6 Å². The van der Waals surface area contributed by atoms with E-state index in [4.69, 9.17) is 37.0 Å². The Labute approximate surface area is 645 Å². The highest BCUT2D eigenvalue weighted by Crippen LogP contribution is 2.45. The molecule has 2 unspecified atom stereocenters. The van der Waals surface area contributed by atoms with E-state index in [0.29, 0.717) is 31.6 Å². The molecule has 0 rings (SSSR count). The number of rotatable bonds is 86. The first-order chi connectivity index (χ1) is 51.0. The van der Waals surface area contributed by atoms with E-state index in [-0.39, 0.29) is 25.7 Å². The number of aliphatic hydroxyl groups excluding tert-OH is 1. The van der Waals surface area contributed by atoms with Crippen molar-refractivity contribution in [3.05, 3.63) is 0 Å². The third kappa shape index (κ3) is 79.9. The number of carbonyl (C=O) groups excluding carboxylic acids is 4. The summed E-state index contributed by atoms with van der Waals surface area (Å²) in [6.45, 7) is 7.27. The fraction of sp³-hybridized carbons (Fsp3) is 0.953. The molecule has 0 heterocycles. The fourth-order valence-corrected chi connectivity index (χ4v) is 15.1. The number of hydrogen-bond donors (Lipinski definition) is 3. The third-order valence-electron chi connectivity index (χ3n) is 20.3. The van der Waals surface area contributed by atoms with Gasteiger partial charge in [0.2, 0.25) is 0 Å². The van der Waals surface area contributed by atoms with E-state index in [1.807, 2.05) is 0 Å². The van der Waals surface area contributed by atoms with Gasteiger partial charge < -0.3 is 33.8 Å².